The maximum absolute atomic E-state index is 12.0. The molecule has 0 bridgehead atoms. The lowest BCUT2D eigenvalue weighted by Gasteiger charge is -2.25. The minimum absolute atomic E-state index is 0.0756. The van der Waals surface area contributed by atoms with Crippen LogP contribution < -0.4 is 5.32 Å². The average molecular weight is 297 g/mol. The van der Waals surface area contributed by atoms with Crippen molar-refractivity contribution in [2.24, 2.45) is 0 Å². The lowest BCUT2D eigenvalue weighted by atomic mass is 10.1. The van der Waals surface area contributed by atoms with Crippen LogP contribution in [-0.2, 0) is 11.2 Å². The van der Waals surface area contributed by atoms with Crippen LogP contribution in [-0.4, -0.2) is 36.4 Å². The van der Waals surface area contributed by atoms with Crippen LogP contribution in [0.15, 0.2) is 54.9 Å². The van der Waals surface area contributed by atoms with Gasteiger partial charge in [-0.05, 0) is 37.7 Å². The number of aromatic nitrogens is 1. The number of nitrogens with one attached hydrogen (secondary N) is 1. The van der Waals surface area contributed by atoms with E-state index >= 15 is 0 Å². The molecule has 0 saturated heterocycles. The number of rotatable bonds is 7. The smallest absolute Gasteiger partial charge is 0.220 e. The van der Waals surface area contributed by atoms with Gasteiger partial charge in [-0.15, -0.1) is 0 Å². The minimum Gasteiger partial charge on any atom is -0.354 e. The van der Waals surface area contributed by atoms with Crippen LogP contribution in [0.4, 0.5) is 0 Å². The first-order valence-corrected chi connectivity index (χ1v) is 7.54. The van der Waals surface area contributed by atoms with E-state index in [1.807, 2.05) is 44.4 Å². The maximum Gasteiger partial charge on any atom is 0.220 e. The molecule has 1 amide bonds. The third-order valence-electron chi connectivity index (χ3n) is 3.66. The molecule has 22 heavy (non-hydrogen) atoms. The molecule has 0 radical (unpaired) electrons. The van der Waals surface area contributed by atoms with Gasteiger partial charge in [0, 0.05) is 25.4 Å². The summed E-state index contributed by atoms with van der Waals surface area (Å²) >= 11 is 0. The summed E-state index contributed by atoms with van der Waals surface area (Å²) in [5.74, 6) is 0.0756. The Balaban J connectivity index is 1.83. The summed E-state index contributed by atoms with van der Waals surface area (Å²) in [6.07, 6.45) is 4.75. The number of likely N-dealkylation sites (N-methyl/N-ethyl adjacent to an activating group) is 1. The number of amides is 1. The van der Waals surface area contributed by atoms with E-state index in [2.05, 4.69) is 27.3 Å². The number of hydrogen-bond donors (Lipinski definition) is 1. The molecular weight excluding hydrogens is 274 g/mol. The number of carbonyl (C=O) groups is 1. The molecule has 0 fully saturated rings. The highest BCUT2D eigenvalue weighted by Crippen LogP contribution is 2.16. The summed E-state index contributed by atoms with van der Waals surface area (Å²) in [4.78, 5) is 18.2. The Kier molecular flexibility index (Phi) is 6.10. The summed E-state index contributed by atoms with van der Waals surface area (Å²) in [6.45, 7) is 0.614. The Bertz CT molecular complexity index is 569. The van der Waals surface area contributed by atoms with Gasteiger partial charge in [0.2, 0.25) is 5.91 Å². The van der Waals surface area contributed by atoms with Gasteiger partial charge in [-0.25, -0.2) is 0 Å². The molecule has 0 aliphatic rings. The summed E-state index contributed by atoms with van der Waals surface area (Å²) in [6, 6.07) is 14.3. The summed E-state index contributed by atoms with van der Waals surface area (Å²) < 4.78 is 0. The normalized spacial score (nSPS) is 12.1. The second-order valence-corrected chi connectivity index (χ2v) is 5.56. The van der Waals surface area contributed by atoms with Crippen molar-refractivity contribution in [3.8, 4) is 0 Å². The van der Waals surface area contributed by atoms with E-state index in [0.717, 1.165) is 12.0 Å². The van der Waals surface area contributed by atoms with Gasteiger partial charge in [0.1, 0.15) is 0 Å². The molecule has 1 unspecified atom stereocenters. The maximum atomic E-state index is 12.0. The van der Waals surface area contributed by atoms with Crippen LogP contribution in [0.1, 0.15) is 23.6 Å². The standard InChI is InChI=1S/C18H23N3O/c1-21(2)17(16-8-4-3-5-9-16)14-20-18(22)11-10-15-7-6-12-19-13-15/h3-9,12-13,17H,10-11,14H2,1-2H3,(H,20,22). The van der Waals surface area contributed by atoms with Crippen LogP contribution in [0.5, 0.6) is 0 Å². The monoisotopic (exact) mass is 297 g/mol. The third kappa shape index (κ3) is 4.97. The van der Waals surface area contributed by atoms with E-state index in [1.165, 1.54) is 5.56 Å². The molecule has 1 N–H and O–H groups in total. The molecule has 2 aromatic rings. The lowest BCUT2D eigenvalue weighted by Crippen LogP contribution is -2.34. The van der Waals surface area contributed by atoms with Gasteiger partial charge >= 0.3 is 0 Å². The topological polar surface area (TPSA) is 45.2 Å². The molecule has 4 nitrogen and oxygen atoms in total. The number of benzene rings is 1. The number of hydrogen-bond acceptors (Lipinski definition) is 3. The van der Waals surface area contributed by atoms with E-state index in [4.69, 9.17) is 0 Å². The van der Waals surface area contributed by atoms with Crippen LogP contribution in [0.25, 0.3) is 0 Å². The average Bonchev–Trinajstić information content (AvgIpc) is 2.55. The van der Waals surface area contributed by atoms with Crippen molar-refractivity contribution in [2.75, 3.05) is 20.6 Å². The number of nitrogens with zero attached hydrogens (tertiary/aromatic N) is 2. The predicted octanol–water partition coefficient (Wildman–Crippen LogP) is 2.43. The Morgan fingerprint density at radius 1 is 1.18 bits per heavy atom. The zero-order valence-corrected chi connectivity index (χ0v) is 13.2. The van der Waals surface area contributed by atoms with E-state index < -0.39 is 0 Å². The minimum atomic E-state index is 0.0756. The molecule has 0 saturated carbocycles. The SMILES string of the molecule is CN(C)C(CNC(=O)CCc1cccnc1)c1ccccc1. The molecule has 0 spiro atoms. The van der Waals surface area contributed by atoms with Crippen molar-refractivity contribution in [3.63, 3.8) is 0 Å². The fraction of sp³-hybridized carbons (Fsp3) is 0.333. The van der Waals surface area contributed by atoms with Gasteiger partial charge in [0.05, 0.1) is 6.04 Å². The molecule has 116 valence electrons. The van der Waals surface area contributed by atoms with E-state index in [1.54, 1.807) is 12.4 Å². The molecule has 2 rings (SSSR count). The van der Waals surface area contributed by atoms with Gasteiger partial charge in [0.25, 0.3) is 0 Å². The second kappa shape index (κ2) is 8.29. The molecule has 4 heteroatoms. The fourth-order valence-electron chi connectivity index (χ4n) is 2.38. The fourth-order valence-corrected chi connectivity index (χ4v) is 2.38. The van der Waals surface area contributed by atoms with E-state index in [9.17, 15) is 4.79 Å². The van der Waals surface area contributed by atoms with Gasteiger partial charge in [-0.3, -0.25) is 9.78 Å². The Morgan fingerprint density at radius 3 is 2.59 bits per heavy atom. The zero-order valence-electron chi connectivity index (χ0n) is 13.2. The highest BCUT2D eigenvalue weighted by molar-refractivity contribution is 5.76. The summed E-state index contributed by atoms with van der Waals surface area (Å²) in [5, 5.41) is 3.03. The van der Waals surface area contributed by atoms with Crippen molar-refractivity contribution in [1.82, 2.24) is 15.2 Å². The van der Waals surface area contributed by atoms with Crippen molar-refractivity contribution in [3.05, 3.63) is 66.0 Å². The first-order chi connectivity index (χ1) is 10.7. The van der Waals surface area contributed by atoms with Crippen molar-refractivity contribution in [1.29, 1.82) is 0 Å². The van der Waals surface area contributed by atoms with Crippen molar-refractivity contribution in [2.45, 2.75) is 18.9 Å². The Morgan fingerprint density at radius 2 is 1.95 bits per heavy atom. The van der Waals surface area contributed by atoms with Crippen molar-refractivity contribution < 1.29 is 4.79 Å². The molecule has 1 heterocycles. The number of pyridine rings is 1. The molecule has 0 aliphatic heterocycles. The van der Waals surface area contributed by atoms with Crippen LogP contribution in [0.3, 0.4) is 0 Å². The van der Waals surface area contributed by atoms with Crippen LogP contribution >= 0.6 is 0 Å². The number of aryl methyl sites for hydroxylation is 1. The third-order valence-corrected chi connectivity index (χ3v) is 3.66. The molecule has 1 aromatic heterocycles. The first-order valence-electron chi connectivity index (χ1n) is 7.54. The van der Waals surface area contributed by atoms with E-state index in [0.29, 0.717) is 13.0 Å². The molecule has 0 aliphatic carbocycles. The molecule has 1 aromatic carbocycles. The zero-order chi connectivity index (χ0) is 15.8. The summed E-state index contributed by atoms with van der Waals surface area (Å²) in [5.41, 5.74) is 2.30. The highest BCUT2D eigenvalue weighted by Gasteiger charge is 2.14. The molecular formula is C18H23N3O. The largest absolute Gasteiger partial charge is 0.354 e. The molecule has 1 atom stereocenters. The highest BCUT2D eigenvalue weighted by atomic mass is 16.1. The Hall–Kier alpha value is -2.20. The van der Waals surface area contributed by atoms with Gasteiger partial charge in [0.15, 0.2) is 0 Å². The van der Waals surface area contributed by atoms with E-state index in [-0.39, 0.29) is 11.9 Å². The first kappa shape index (κ1) is 16.2. The predicted molar refractivity (Wildman–Crippen MR) is 88.4 cm³/mol. The van der Waals surface area contributed by atoms with Gasteiger partial charge in [-0.2, -0.15) is 0 Å². The lowest BCUT2D eigenvalue weighted by molar-refractivity contribution is -0.121. The van der Waals surface area contributed by atoms with Gasteiger partial charge in [-0.1, -0.05) is 36.4 Å². The summed E-state index contributed by atoms with van der Waals surface area (Å²) in [7, 11) is 4.05. The van der Waals surface area contributed by atoms with Crippen LogP contribution in [0, 0.1) is 0 Å². The van der Waals surface area contributed by atoms with Gasteiger partial charge < -0.3 is 10.2 Å². The number of carbonyl (C=O) groups excluding carboxylic acids is 1. The van der Waals surface area contributed by atoms with Crippen LogP contribution in [0.2, 0.25) is 0 Å². The Labute approximate surface area is 132 Å². The van der Waals surface area contributed by atoms with Crippen molar-refractivity contribution >= 4 is 5.91 Å². The quantitative estimate of drug-likeness (QED) is 0.854. The second-order valence-electron chi connectivity index (χ2n) is 5.56.